The van der Waals surface area contributed by atoms with E-state index in [-0.39, 0.29) is 24.7 Å². The number of aliphatic hydroxyl groups is 1. The molecule has 2 atom stereocenters. The largest absolute Gasteiger partial charge is 0.396 e. The molecule has 0 aromatic carbocycles. The summed E-state index contributed by atoms with van der Waals surface area (Å²) in [5, 5.41) is 12.1. The fourth-order valence-electron chi connectivity index (χ4n) is 2.54. The van der Waals surface area contributed by atoms with Crippen LogP contribution in [0.3, 0.4) is 0 Å². The minimum atomic E-state index is -0.0195. The molecule has 0 aliphatic carbocycles. The van der Waals surface area contributed by atoms with Gasteiger partial charge < -0.3 is 20.1 Å². The van der Waals surface area contributed by atoms with Crippen molar-refractivity contribution in [3.05, 3.63) is 0 Å². The maximum absolute atomic E-state index is 12.4. The van der Waals surface area contributed by atoms with Crippen LogP contribution in [0.25, 0.3) is 0 Å². The Morgan fingerprint density at radius 2 is 2.21 bits per heavy atom. The van der Waals surface area contributed by atoms with Crippen LogP contribution >= 0.6 is 0 Å². The molecule has 1 heterocycles. The fourth-order valence-corrected chi connectivity index (χ4v) is 2.54. The van der Waals surface area contributed by atoms with Crippen LogP contribution < -0.4 is 5.32 Å². The monoisotopic (exact) mass is 272 g/mol. The Bertz CT molecular complexity index is 269. The van der Waals surface area contributed by atoms with Gasteiger partial charge in [-0.3, -0.25) is 0 Å². The predicted octanol–water partition coefficient (Wildman–Crippen LogP) is 1.60. The van der Waals surface area contributed by atoms with Gasteiger partial charge in [0.05, 0.1) is 12.6 Å². The van der Waals surface area contributed by atoms with Gasteiger partial charge in [0.25, 0.3) is 0 Å². The van der Waals surface area contributed by atoms with E-state index < -0.39 is 0 Å². The van der Waals surface area contributed by atoms with Gasteiger partial charge in [-0.05, 0) is 31.6 Å². The number of hydrogen-bond donors (Lipinski definition) is 2. The Kier molecular flexibility index (Phi) is 7.16. The number of urea groups is 1. The lowest BCUT2D eigenvalue weighted by Gasteiger charge is -2.37. The summed E-state index contributed by atoms with van der Waals surface area (Å²) in [7, 11) is 1.65. The van der Waals surface area contributed by atoms with Crippen molar-refractivity contribution < 1.29 is 14.6 Å². The van der Waals surface area contributed by atoms with Crippen molar-refractivity contribution in [1.29, 1.82) is 0 Å². The molecule has 0 saturated carbocycles. The lowest BCUT2D eigenvalue weighted by Crippen LogP contribution is -2.53. The van der Waals surface area contributed by atoms with Crippen molar-refractivity contribution in [1.82, 2.24) is 10.2 Å². The van der Waals surface area contributed by atoms with E-state index in [2.05, 4.69) is 19.2 Å². The van der Waals surface area contributed by atoms with E-state index in [0.29, 0.717) is 18.9 Å². The number of likely N-dealkylation sites (tertiary alicyclic amines) is 1. The molecule has 19 heavy (non-hydrogen) atoms. The van der Waals surface area contributed by atoms with Gasteiger partial charge in [-0.1, -0.05) is 13.8 Å². The molecule has 5 heteroatoms. The third-order valence-corrected chi connectivity index (χ3v) is 3.81. The van der Waals surface area contributed by atoms with Crippen LogP contribution in [-0.2, 0) is 4.74 Å². The second-order valence-electron chi connectivity index (χ2n) is 5.61. The van der Waals surface area contributed by atoms with E-state index in [1.54, 1.807) is 7.11 Å². The minimum absolute atomic E-state index is 0.0195. The molecular formula is C14H28N2O3. The van der Waals surface area contributed by atoms with Gasteiger partial charge >= 0.3 is 6.03 Å². The maximum atomic E-state index is 12.4. The summed E-state index contributed by atoms with van der Waals surface area (Å²) in [5.74, 6) is 0.338. The van der Waals surface area contributed by atoms with E-state index in [0.717, 1.165) is 25.8 Å². The molecule has 5 nitrogen and oxygen atoms in total. The third kappa shape index (κ3) is 4.99. The highest BCUT2D eigenvalue weighted by molar-refractivity contribution is 5.75. The normalized spacial score (nSPS) is 21.5. The molecule has 112 valence electrons. The van der Waals surface area contributed by atoms with Crippen molar-refractivity contribution in [2.45, 2.75) is 51.6 Å². The number of nitrogens with one attached hydrogen (secondary N) is 1. The topological polar surface area (TPSA) is 61.8 Å². The zero-order valence-corrected chi connectivity index (χ0v) is 12.4. The van der Waals surface area contributed by atoms with E-state index in [9.17, 15) is 4.79 Å². The van der Waals surface area contributed by atoms with Crippen LogP contribution in [0.1, 0.15) is 39.5 Å². The number of carbonyl (C=O) groups is 1. The molecule has 0 bridgehead atoms. The highest BCUT2D eigenvalue weighted by Crippen LogP contribution is 2.19. The number of hydrogen-bond acceptors (Lipinski definition) is 3. The van der Waals surface area contributed by atoms with Crippen LogP contribution in [0.15, 0.2) is 0 Å². The Morgan fingerprint density at radius 3 is 2.79 bits per heavy atom. The van der Waals surface area contributed by atoms with Crippen LogP contribution in [-0.4, -0.2) is 55.0 Å². The Hall–Kier alpha value is -0.810. The lowest BCUT2D eigenvalue weighted by molar-refractivity contribution is 0.113. The smallest absolute Gasteiger partial charge is 0.317 e. The summed E-state index contributed by atoms with van der Waals surface area (Å²) in [4.78, 5) is 14.2. The van der Waals surface area contributed by atoms with Crippen LogP contribution in [0.2, 0.25) is 0 Å². The first-order chi connectivity index (χ1) is 9.10. The lowest BCUT2D eigenvalue weighted by atomic mass is 10.00. The fraction of sp³-hybridized carbons (Fsp3) is 0.929. The molecular weight excluding hydrogens is 244 g/mol. The van der Waals surface area contributed by atoms with Gasteiger partial charge in [0, 0.05) is 26.3 Å². The Labute approximate surface area is 116 Å². The summed E-state index contributed by atoms with van der Waals surface area (Å²) >= 11 is 0. The molecule has 1 aliphatic heterocycles. The van der Waals surface area contributed by atoms with Crippen molar-refractivity contribution in [3.63, 3.8) is 0 Å². The van der Waals surface area contributed by atoms with Gasteiger partial charge in [0.15, 0.2) is 0 Å². The quantitative estimate of drug-likeness (QED) is 0.772. The molecule has 0 unspecified atom stereocenters. The number of rotatable bonds is 6. The zero-order valence-electron chi connectivity index (χ0n) is 12.4. The Balaban J connectivity index is 2.57. The third-order valence-electron chi connectivity index (χ3n) is 3.81. The number of carbonyl (C=O) groups excluding carboxylic acids is 1. The molecule has 0 radical (unpaired) electrons. The summed E-state index contributed by atoms with van der Waals surface area (Å²) in [6.45, 7) is 5.60. The number of amides is 2. The number of methoxy groups -OCH3 is 1. The highest BCUT2D eigenvalue weighted by atomic mass is 16.5. The molecule has 1 aliphatic rings. The average molecular weight is 272 g/mol. The van der Waals surface area contributed by atoms with E-state index >= 15 is 0 Å². The van der Waals surface area contributed by atoms with Crippen LogP contribution in [0.5, 0.6) is 0 Å². The second kappa shape index (κ2) is 8.38. The SMILES string of the molecule is COC[C@H](NC(=O)N1CCCC[C@@H]1CCO)C(C)C. The van der Waals surface area contributed by atoms with Crippen LogP contribution in [0, 0.1) is 5.92 Å². The maximum Gasteiger partial charge on any atom is 0.317 e. The molecule has 0 spiro atoms. The van der Waals surface area contributed by atoms with Gasteiger partial charge in [0.2, 0.25) is 0 Å². The minimum Gasteiger partial charge on any atom is -0.396 e. The molecule has 2 amide bonds. The van der Waals surface area contributed by atoms with Crippen molar-refractivity contribution >= 4 is 6.03 Å². The van der Waals surface area contributed by atoms with Crippen molar-refractivity contribution in [2.75, 3.05) is 26.9 Å². The predicted molar refractivity (Wildman–Crippen MR) is 75.1 cm³/mol. The van der Waals surface area contributed by atoms with Gasteiger partial charge in [0.1, 0.15) is 0 Å². The zero-order chi connectivity index (χ0) is 14.3. The van der Waals surface area contributed by atoms with Gasteiger partial charge in [-0.25, -0.2) is 4.79 Å². The average Bonchev–Trinajstić information content (AvgIpc) is 2.39. The van der Waals surface area contributed by atoms with E-state index in [1.165, 1.54) is 0 Å². The number of aliphatic hydroxyl groups excluding tert-OH is 1. The second-order valence-corrected chi connectivity index (χ2v) is 5.61. The molecule has 0 aromatic rings. The van der Waals surface area contributed by atoms with Gasteiger partial charge in [-0.2, -0.15) is 0 Å². The molecule has 1 saturated heterocycles. The highest BCUT2D eigenvalue weighted by Gasteiger charge is 2.28. The molecule has 1 rings (SSSR count). The van der Waals surface area contributed by atoms with Crippen LogP contribution in [0.4, 0.5) is 4.79 Å². The number of ether oxygens (including phenoxy) is 1. The van der Waals surface area contributed by atoms with E-state index in [4.69, 9.17) is 9.84 Å². The van der Waals surface area contributed by atoms with Gasteiger partial charge in [-0.15, -0.1) is 0 Å². The summed E-state index contributed by atoms with van der Waals surface area (Å²) in [6.07, 6.45) is 3.85. The molecule has 0 aromatic heterocycles. The molecule has 2 N–H and O–H groups in total. The Morgan fingerprint density at radius 1 is 1.47 bits per heavy atom. The summed E-state index contributed by atoms with van der Waals surface area (Å²) in [5.41, 5.74) is 0. The first-order valence-electron chi connectivity index (χ1n) is 7.27. The van der Waals surface area contributed by atoms with Crippen molar-refractivity contribution in [2.24, 2.45) is 5.92 Å². The van der Waals surface area contributed by atoms with E-state index in [1.807, 2.05) is 4.90 Å². The number of piperidine rings is 1. The first-order valence-corrected chi connectivity index (χ1v) is 7.27. The summed E-state index contributed by atoms with van der Waals surface area (Å²) in [6, 6.07) is 0.192. The summed E-state index contributed by atoms with van der Waals surface area (Å²) < 4.78 is 5.15. The first kappa shape index (κ1) is 16.2. The standard InChI is InChI=1S/C14H28N2O3/c1-11(2)13(10-19-3)15-14(18)16-8-5-4-6-12(16)7-9-17/h11-13,17H,4-10H2,1-3H3,(H,15,18)/t12-,13+/m1/s1. The molecule has 1 fully saturated rings. The number of nitrogens with zero attached hydrogens (tertiary/aromatic N) is 1. The van der Waals surface area contributed by atoms with Crippen molar-refractivity contribution in [3.8, 4) is 0 Å².